The molecular weight excluding hydrogens is 426 g/mol. The molecule has 4 aromatic rings. The standard InChI is InChI=1S/C23H21N5O3S/c29-22(14-31-13-20-26-18-4-2-1-3-17(18)23(30)27-20)25-16-5-6-21(24-11-16)28-9-7-19-15(12-28)8-10-32-19/h1-6,8,10-11H,7,9,12-14H2,(H,25,29)(H,26,27,30). The first-order chi connectivity index (χ1) is 15.7. The van der Waals surface area contributed by atoms with E-state index in [1.807, 2.05) is 29.5 Å². The zero-order valence-electron chi connectivity index (χ0n) is 17.2. The number of ether oxygens (including phenoxy) is 1. The fourth-order valence-corrected chi connectivity index (χ4v) is 4.62. The predicted octanol–water partition coefficient (Wildman–Crippen LogP) is 3.10. The molecule has 162 valence electrons. The Labute approximate surface area is 187 Å². The molecule has 2 N–H and O–H groups in total. The van der Waals surface area contributed by atoms with Gasteiger partial charge in [-0.15, -0.1) is 11.3 Å². The van der Waals surface area contributed by atoms with E-state index in [1.165, 1.54) is 10.4 Å². The van der Waals surface area contributed by atoms with Gasteiger partial charge in [-0.05, 0) is 47.7 Å². The minimum absolute atomic E-state index is 0.0320. The summed E-state index contributed by atoms with van der Waals surface area (Å²) in [7, 11) is 0. The molecule has 3 aromatic heterocycles. The molecular formula is C23H21N5O3S. The van der Waals surface area contributed by atoms with Crippen molar-refractivity contribution in [3.8, 4) is 0 Å². The predicted molar refractivity (Wildman–Crippen MR) is 124 cm³/mol. The van der Waals surface area contributed by atoms with Gasteiger partial charge in [0.1, 0.15) is 24.9 Å². The molecule has 0 atom stereocenters. The zero-order valence-corrected chi connectivity index (χ0v) is 18.0. The van der Waals surface area contributed by atoms with Crippen LogP contribution in [0.25, 0.3) is 10.9 Å². The number of aromatic nitrogens is 3. The molecule has 0 spiro atoms. The molecule has 0 radical (unpaired) electrons. The van der Waals surface area contributed by atoms with Gasteiger partial charge in [0.05, 0.1) is 22.8 Å². The number of thiophene rings is 1. The topological polar surface area (TPSA) is 100 Å². The number of rotatable bonds is 6. The number of fused-ring (bicyclic) bond motifs is 2. The van der Waals surface area contributed by atoms with Crippen LogP contribution in [-0.2, 0) is 29.1 Å². The monoisotopic (exact) mass is 447 g/mol. The molecule has 8 nitrogen and oxygen atoms in total. The number of hydrogen-bond acceptors (Lipinski definition) is 7. The molecule has 1 aromatic carbocycles. The molecule has 1 aliphatic rings. The first-order valence-electron chi connectivity index (χ1n) is 10.3. The zero-order chi connectivity index (χ0) is 21.9. The number of nitrogens with zero attached hydrogens (tertiary/aromatic N) is 3. The van der Waals surface area contributed by atoms with Crippen LogP contribution in [0.15, 0.2) is 58.8 Å². The number of H-pyrrole nitrogens is 1. The normalized spacial score (nSPS) is 13.2. The maximum atomic E-state index is 12.2. The Morgan fingerprint density at radius 2 is 2.12 bits per heavy atom. The first-order valence-corrected chi connectivity index (χ1v) is 11.2. The first kappa shape index (κ1) is 20.3. The molecule has 5 rings (SSSR count). The summed E-state index contributed by atoms with van der Waals surface area (Å²) in [6, 6.07) is 13.0. The van der Waals surface area contributed by atoms with E-state index in [9.17, 15) is 9.59 Å². The van der Waals surface area contributed by atoms with Crippen molar-refractivity contribution >= 4 is 39.7 Å². The molecule has 9 heteroatoms. The van der Waals surface area contributed by atoms with Crippen molar-refractivity contribution in [1.29, 1.82) is 0 Å². The van der Waals surface area contributed by atoms with Crippen molar-refractivity contribution in [1.82, 2.24) is 15.0 Å². The van der Waals surface area contributed by atoms with Gasteiger partial charge >= 0.3 is 0 Å². The van der Waals surface area contributed by atoms with Gasteiger partial charge in [-0.2, -0.15) is 0 Å². The quantitative estimate of drug-likeness (QED) is 0.471. The Kier molecular flexibility index (Phi) is 5.66. The van der Waals surface area contributed by atoms with Gasteiger partial charge in [0.15, 0.2) is 0 Å². The van der Waals surface area contributed by atoms with Crippen LogP contribution >= 0.6 is 11.3 Å². The third-order valence-corrected chi connectivity index (χ3v) is 6.32. The van der Waals surface area contributed by atoms with E-state index < -0.39 is 0 Å². The van der Waals surface area contributed by atoms with Gasteiger partial charge in [-0.3, -0.25) is 9.59 Å². The van der Waals surface area contributed by atoms with Crippen LogP contribution in [-0.4, -0.2) is 34.0 Å². The van der Waals surface area contributed by atoms with Crippen molar-refractivity contribution in [2.24, 2.45) is 0 Å². The molecule has 1 aliphatic heterocycles. The number of anilines is 2. The van der Waals surface area contributed by atoms with Crippen molar-refractivity contribution in [2.45, 2.75) is 19.6 Å². The lowest BCUT2D eigenvalue weighted by atomic mass is 10.1. The summed E-state index contributed by atoms with van der Waals surface area (Å²) in [4.78, 5) is 39.5. The number of amides is 1. The van der Waals surface area contributed by atoms with Crippen LogP contribution in [0.4, 0.5) is 11.5 Å². The highest BCUT2D eigenvalue weighted by Gasteiger charge is 2.18. The van der Waals surface area contributed by atoms with Gasteiger partial charge in [0.25, 0.3) is 5.56 Å². The molecule has 0 unspecified atom stereocenters. The fourth-order valence-electron chi connectivity index (χ4n) is 3.73. The van der Waals surface area contributed by atoms with Crippen LogP contribution in [0.1, 0.15) is 16.3 Å². The second-order valence-corrected chi connectivity index (χ2v) is 8.52. The third-order valence-electron chi connectivity index (χ3n) is 5.30. The lowest BCUT2D eigenvalue weighted by molar-refractivity contribution is -0.121. The van der Waals surface area contributed by atoms with E-state index in [0.717, 1.165) is 25.3 Å². The average molecular weight is 448 g/mol. The average Bonchev–Trinajstić information content (AvgIpc) is 3.28. The largest absolute Gasteiger partial charge is 0.364 e. The van der Waals surface area contributed by atoms with Crippen LogP contribution in [0.2, 0.25) is 0 Å². The Balaban J connectivity index is 1.13. The molecule has 1 amide bonds. The molecule has 0 saturated heterocycles. The summed E-state index contributed by atoms with van der Waals surface area (Å²) in [5.74, 6) is 0.967. The van der Waals surface area contributed by atoms with Gasteiger partial charge in [0.2, 0.25) is 5.91 Å². The molecule has 0 aliphatic carbocycles. The van der Waals surface area contributed by atoms with E-state index in [2.05, 4.69) is 36.6 Å². The summed E-state index contributed by atoms with van der Waals surface area (Å²) >= 11 is 1.81. The summed E-state index contributed by atoms with van der Waals surface area (Å²) in [6.45, 7) is 1.66. The minimum Gasteiger partial charge on any atom is -0.364 e. The smallest absolute Gasteiger partial charge is 0.258 e. The highest BCUT2D eigenvalue weighted by molar-refractivity contribution is 7.10. The van der Waals surface area contributed by atoms with E-state index in [0.29, 0.717) is 22.4 Å². The third kappa shape index (κ3) is 4.39. The molecule has 0 fully saturated rings. The maximum absolute atomic E-state index is 12.2. The van der Waals surface area contributed by atoms with E-state index in [-0.39, 0.29) is 24.7 Å². The lowest BCUT2D eigenvalue weighted by Crippen LogP contribution is -2.30. The number of para-hydroxylation sites is 1. The Morgan fingerprint density at radius 3 is 3.00 bits per heavy atom. The van der Waals surface area contributed by atoms with Gasteiger partial charge < -0.3 is 19.9 Å². The maximum Gasteiger partial charge on any atom is 0.258 e. The van der Waals surface area contributed by atoms with Crippen LogP contribution < -0.4 is 15.8 Å². The van der Waals surface area contributed by atoms with Gasteiger partial charge in [-0.1, -0.05) is 12.1 Å². The Morgan fingerprint density at radius 1 is 1.22 bits per heavy atom. The van der Waals surface area contributed by atoms with E-state index >= 15 is 0 Å². The highest BCUT2D eigenvalue weighted by Crippen LogP contribution is 2.27. The summed E-state index contributed by atoms with van der Waals surface area (Å²) in [5.41, 5.74) is 2.33. The number of pyridine rings is 1. The summed E-state index contributed by atoms with van der Waals surface area (Å²) < 4.78 is 5.43. The van der Waals surface area contributed by atoms with Crippen molar-refractivity contribution in [2.75, 3.05) is 23.4 Å². The lowest BCUT2D eigenvalue weighted by Gasteiger charge is -2.28. The number of benzene rings is 1. The minimum atomic E-state index is -0.302. The molecule has 0 saturated carbocycles. The second kappa shape index (κ2) is 8.89. The molecule has 32 heavy (non-hydrogen) atoms. The van der Waals surface area contributed by atoms with Crippen molar-refractivity contribution < 1.29 is 9.53 Å². The van der Waals surface area contributed by atoms with E-state index in [4.69, 9.17) is 4.74 Å². The number of hydrogen-bond donors (Lipinski definition) is 2. The summed E-state index contributed by atoms with van der Waals surface area (Å²) in [5, 5.41) is 5.43. The highest BCUT2D eigenvalue weighted by atomic mass is 32.1. The molecule has 0 bridgehead atoms. The summed E-state index contributed by atoms with van der Waals surface area (Å²) in [6.07, 6.45) is 2.68. The SMILES string of the molecule is O=C(COCc1nc2ccccc2c(=O)[nH]1)Nc1ccc(N2CCc3sccc3C2)nc1. The van der Waals surface area contributed by atoms with Crippen molar-refractivity contribution in [3.63, 3.8) is 0 Å². The van der Waals surface area contributed by atoms with E-state index in [1.54, 1.807) is 24.4 Å². The Hall–Kier alpha value is -3.56. The van der Waals surface area contributed by atoms with Crippen molar-refractivity contribution in [3.05, 3.63) is 80.7 Å². The number of carbonyl (C=O) groups excluding carboxylic acids is 1. The Bertz CT molecular complexity index is 1320. The number of nitrogens with one attached hydrogen (secondary N) is 2. The van der Waals surface area contributed by atoms with Gasteiger partial charge in [0, 0.05) is 18.0 Å². The van der Waals surface area contributed by atoms with Crippen LogP contribution in [0.5, 0.6) is 0 Å². The molecule has 4 heterocycles. The van der Waals surface area contributed by atoms with Crippen LogP contribution in [0.3, 0.4) is 0 Å². The second-order valence-electron chi connectivity index (χ2n) is 7.52. The van der Waals surface area contributed by atoms with Gasteiger partial charge in [-0.25, -0.2) is 9.97 Å². The van der Waals surface area contributed by atoms with Crippen LogP contribution in [0, 0.1) is 0 Å². The number of aromatic amines is 1. The number of carbonyl (C=O) groups is 1. The fraction of sp³-hybridized carbons (Fsp3) is 0.217.